The number of nitrogens with one attached hydrogen (secondary N) is 1. The summed E-state index contributed by atoms with van der Waals surface area (Å²) in [6.45, 7) is 4.50. The zero-order chi connectivity index (χ0) is 13.7. The van der Waals surface area contributed by atoms with Crippen molar-refractivity contribution in [1.82, 2.24) is 4.98 Å². The molecule has 0 spiro atoms. The quantitative estimate of drug-likeness (QED) is 0.825. The summed E-state index contributed by atoms with van der Waals surface area (Å²) < 4.78 is 0. The Hall–Kier alpha value is -1.98. The van der Waals surface area contributed by atoms with E-state index in [0.29, 0.717) is 17.1 Å². The second-order valence-electron chi connectivity index (χ2n) is 4.57. The third-order valence-electron chi connectivity index (χ3n) is 3.20. The van der Waals surface area contributed by atoms with Gasteiger partial charge < -0.3 is 10.2 Å². The fourth-order valence-electron chi connectivity index (χ4n) is 2.28. The molecule has 0 aromatic carbocycles. The molecule has 1 N–H and O–H groups in total. The summed E-state index contributed by atoms with van der Waals surface area (Å²) in [6, 6.07) is 1.72. The minimum absolute atomic E-state index is 0.299. The third-order valence-corrected chi connectivity index (χ3v) is 3.20. The molecule has 6 heteroatoms. The summed E-state index contributed by atoms with van der Waals surface area (Å²) in [5.41, 5.74) is 0.941. The lowest BCUT2D eigenvalue weighted by molar-refractivity contribution is 0.100. The second kappa shape index (κ2) is 6.26. The Morgan fingerprint density at radius 3 is 2.84 bits per heavy atom. The molecule has 0 bridgehead atoms. The molecule has 1 aliphatic heterocycles. The van der Waals surface area contributed by atoms with Crippen LogP contribution in [0, 0.1) is 4.91 Å². The first-order valence-corrected chi connectivity index (χ1v) is 6.63. The number of amides is 1. The topological polar surface area (TPSA) is 74.7 Å². The minimum atomic E-state index is -0.756. The first kappa shape index (κ1) is 13.5. The minimum Gasteiger partial charge on any atom is -0.384 e. The molecule has 1 aromatic rings. The van der Waals surface area contributed by atoms with Gasteiger partial charge in [0.05, 0.1) is 5.69 Å². The van der Waals surface area contributed by atoms with Gasteiger partial charge in [0.2, 0.25) is 0 Å². The number of pyridine rings is 1. The molecule has 102 valence electrons. The van der Waals surface area contributed by atoms with Crippen LogP contribution in [-0.2, 0) is 0 Å². The molecule has 1 saturated heterocycles. The van der Waals surface area contributed by atoms with E-state index >= 15 is 0 Å². The highest BCUT2D eigenvalue weighted by atomic mass is 16.3. The van der Waals surface area contributed by atoms with Crippen LogP contribution in [0.2, 0.25) is 0 Å². The van der Waals surface area contributed by atoms with E-state index < -0.39 is 5.91 Å². The van der Waals surface area contributed by atoms with E-state index in [1.165, 1.54) is 0 Å². The van der Waals surface area contributed by atoms with Crippen LogP contribution in [0.5, 0.6) is 0 Å². The molecule has 0 atom stereocenters. The Labute approximate surface area is 112 Å². The maximum atomic E-state index is 11.8. The number of rotatable bonds is 5. The van der Waals surface area contributed by atoms with Crippen LogP contribution < -0.4 is 10.2 Å². The molecule has 19 heavy (non-hydrogen) atoms. The fraction of sp³-hybridized carbons (Fsp3) is 0.538. The number of anilines is 2. The highest BCUT2D eigenvalue weighted by Crippen LogP contribution is 2.28. The van der Waals surface area contributed by atoms with Crippen LogP contribution in [0.3, 0.4) is 0 Å². The van der Waals surface area contributed by atoms with Gasteiger partial charge in [0.1, 0.15) is 11.4 Å². The molecule has 1 aliphatic rings. The first-order chi connectivity index (χ1) is 9.27. The van der Waals surface area contributed by atoms with Crippen LogP contribution in [0.1, 0.15) is 36.5 Å². The molecule has 6 nitrogen and oxygen atoms in total. The monoisotopic (exact) mass is 262 g/mol. The molecule has 0 saturated carbocycles. The molecule has 2 heterocycles. The Bertz CT molecular complexity index is 470. The van der Waals surface area contributed by atoms with Crippen molar-refractivity contribution < 1.29 is 4.79 Å². The summed E-state index contributed by atoms with van der Waals surface area (Å²) in [7, 11) is 0. The number of hydrogen-bond acceptors (Lipinski definition) is 5. The number of hydrogen-bond donors (Lipinski definition) is 1. The Balaban J connectivity index is 2.40. The number of aromatic nitrogens is 1. The standard InChI is InChI=1S/C13H18N4O2/c1-2-6-14-10-5-7-15-12(11(10)13(18)16-19)17-8-3-4-9-17/h5,7H,2-4,6,8-9H2,1H3,(H,14,15). The number of nitrogens with zero attached hydrogens (tertiary/aromatic N) is 3. The van der Waals surface area contributed by atoms with Gasteiger partial charge in [-0.3, -0.25) is 4.79 Å². The lowest BCUT2D eigenvalue weighted by Gasteiger charge is -2.20. The van der Waals surface area contributed by atoms with Gasteiger partial charge in [-0.15, -0.1) is 4.91 Å². The van der Waals surface area contributed by atoms with Crippen LogP contribution in [0.15, 0.2) is 17.4 Å². The van der Waals surface area contributed by atoms with Crippen LogP contribution in [0.25, 0.3) is 0 Å². The third kappa shape index (κ3) is 2.89. The summed E-state index contributed by atoms with van der Waals surface area (Å²) in [5.74, 6) is -0.184. The van der Waals surface area contributed by atoms with Crippen molar-refractivity contribution in [2.45, 2.75) is 26.2 Å². The van der Waals surface area contributed by atoms with Crippen molar-refractivity contribution in [3.63, 3.8) is 0 Å². The zero-order valence-electron chi connectivity index (χ0n) is 11.1. The van der Waals surface area contributed by atoms with Crippen molar-refractivity contribution >= 4 is 17.4 Å². The molecule has 2 rings (SSSR count). The Morgan fingerprint density at radius 2 is 2.21 bits per heavy atom. The molecular formula is C13H18N4O2. The van der Waals surface area contributed by atoms with Gasteiger partial charge in [0.15, 0.2) is 0 Å². The van der Waals surface area contributed by atoms with E-state index in [1.807, 2.05) is 11.8 Å². The average molecular weight is 262 g/mol. The zero-order valence-corrected chi connectivity index (χ0v) is 11.1. The smallest absolute Gasteiger partial charge is 0.322 e. The van der Waals surface area contributed by atoms with Gasteiger partial charge in [0, 0.05) is 31.0 Å². The number of carbonyl (C=O) groups is 1. The van der Waals surface area contributed by atoms with Crippen LogP contribution in [-0.4, -0.2) is 30.5 Å². The van der Waals surface area contributed by atoms with Gasteiger partial charge in [-0.2, -0.15) is 0 Å². The molecule has 1 fully saturated rings. The van der Waals surface area contributed by atoms with E-state index in [9.17, 15) is 9.70 Å². The SMILES string of the molecule is CCCNc1ccnc(N2CCCC2)c1C(=O)N=O. The highest BCUT2D eigenvalue weighted by Gasteiger charge is 2.24. The Kier molecular flexibility index (Phi) is 4.43. The highest BCUT2D eigenvalue weighted by molar-refractivity contribution is 6.04. The second-order valence-corrected chi connectivity index (χ2v) is 4.57. The lowest BCUT2D eigenvalue weighted by Crippen LogP contribution is -2.22. The summed E-state index contributed by atoms with van der Waals surface area (Å²) >= 11 is 0. The summed E-state index contributed by atoms with van der Waals surface area (Å²) in [5, 5.41) is 5.72. The molecule has 1 amide bonds. The van der Waals surface area contributed by atoms with Gasteiger partial charge >= 0.3 is 5.91 Å². The molecule has 0 unspecified atom stereocenters. The number of nitroso groups, excluding NO2 is 1. The van der Waals surface area contributed by atoms with Gasteiger partial charge in [-0.25, -0.2) is 4.98 Å². The van der Waals surface area contributed by atoms with Crippen LogP contribution in [0.4, 0.5) is 11.5 Å². The van der Waals surface area contributed by atoms with E-state index in [4.69, 9.17) is 0 Å². The van der Waals surface area contributed by atoms with Gasteiger partial charge in [-0.1, -0.05) is 6.92 Å². The van der Waals surface area contributed by atoms with E-state index in [2.05, 4.69) is 15.5 Å². The normalized spacial score (nSPS) is 14.5. The van der Waals surface area contributed by atoms with Crippen molar-refractivity contribution in [2.24, 2.45) is 5.18 Å². The Morgan fingerprint density at radius 1 is 1.47 bits per heavy atom. The van der Waals surface area contributed by atoms with Crippen molar-refractivity contribution in [3.05, 3.63) is 22.7 Å². The van der Waals surface area contributed by atoms with Crippen LogP contribution >= 0.6 is 0 Å². The summed E-state index contributed by atoms with van der Waals surface area (Å²) in [4.78, 5) is 28.7. The molecule has 0 radical (unpaired) electrons. The first-order valence-electron chi connectivity index (χ1n) is 6.63. The molecule has 1 aromatic heterocycles. The maximum Gasteiger partial charge on any atom is 0.322 e. The fourth-order valence-corrected chi connectivity index (χ4v) is 2.28. The largest absolute Gasteiger partial charge is 0.384 e. The predicted molar refractivity (Wildman–Crippen MR) is 74.6 cm³/mol. The van der Waals surface area contributed by atoms with E-state index in [0.717, 1.165) is 38.9 Å². The van der Waals surface area contributed by atoms with Crippen molar-refractivity contribution in [1.29, 1.82) is 0 Å². The lowest BCUT2D eigenvalue weighted by atomic mass is 10.2. The average Bonchev–Trinajstić information content (AvgIpc) is 2.97. The summed E-state index contributed by atoms with van der Waals surface area (Å²) in [6.07, 6.45) is 4.75. The number of carbonyl (C=O) groups excluding carboxylic acids is 1. The van der Waals surface area contributed by atoms with E-state index in [1.54, 1.807) is 12.3 Å². The van der Waals surface area contributed by atoms with Gasteiger partial charge in [0.25, 0.3) is 0 Å². The van der Waals surface area contributed by atoms with Crippen molar-refractivity contribution in [3.8, 4) is 0 Å². The predicted octanol–water partition coefficient (Wildman–Crippen LogP) is 2.41. The van der Waals surface area contributed by atoms with Crippen molar-refractivity contribution in [2.75, 3.05) is 29.9 Å². The van der Waals surface area contributed by atoms with Gasteiger partial charge in [-0.05, 0) is 25.3 Å². The molecule has 0 aliphatic carbocycles. The maximum absolute atomic E-state index is 11.8. The molecular weight excluding hydrogens is 244 g/mol. The van der Waals surface area contributed by atoms with E-state index in [-0.39, 0.29) is 0 Å².